The number of likely N-dealkylation sites (tertiary alicyclic amines) is 1. The number of nitrogens with zero attached hydrogens (tertiary/aromatic N) is 1. The highest BCUT2D eigenvalue weighted by molar-refractivity contribution is 7.92. The Hall–Kier alpha value is -2.05. The van der Waals surface area contributed by atoms with Gasteiger partial charge in [-0.3, -0.25) is 9.52 Å². The number of benzene rings is 2. The Morgan fingerprint density at radius 1 is 1.14 bits per heavy atom. The Kier molecular flexibility index (Phi) is 5.73. The third-order valence-corrected chi connectivity index (χ3v) is 6.68. The maximum Gasteiger partial charge on any atom is 0.261 e. The number of carbonyl (C=O) groups is 1. The number of piperidine rings is 1. The second-order valence-corrected chi connectivity index (χ2v) is 10.2. The van der Waals surface area contributed by atoms with E-state index in [1.54, 1.807) is 36.4 Å². The van der Waals surface area contributed by atoms with Crippen molar-refractivity contribution in [2.45, 2.75) is 38.5 Å². The third-order valence-electron chi connectivity index (χ3n) is 4.97. The molecule has 0 unspecified atom stereocenters. The molecule has 28 heavy (non-hydrogen) atoms. The van der Waals surface area contributed by atoms with Crippen molar-refractivity contribution >= 4 is 33.2 Å². The molecule has 1 aliphatic heterocycles. The maximum atomic E-state index is 12.9. The fourth-order valence-corrected chi connectivity index (χ4v) is 4.76. The largest absolute Gasteiger partial charge is 0.338 e. The Morgan fingerprint density at radius 2 is 1.82 bits per heavy atom. The van der Waals surface area contributed by atoms with Gasteiger partial charge in [0.15, 0.2) is 0 Å². The van der Waals surface area contributed by atoms with Gasteiger partial charge in [-0.15, -0.1) is 0 Å². The topological polar surface area (TPSA) is 66.5 Å². The van der Waals surface area contributed by atoms with E-state index in [1.807, 2.05) is 11.8 Å². The van der Waals surface area contributed by atoms with Gasteiger partial charge >= 0.3 is 0 Å². The molecule has 0 saturated carbocycles. The van der Waals surface area contributed by atoms with Gasteiger partial charge in [-0.05, 0) is 55.5 Å². The van der Waals surface area contributed by atoms with Gasteiger partial charge in [0.25, 0.3) is 15.9 Å². The van der Waals surface area contributed by atoms with E-state index < -0.39 is 10.0 Å². The second kappa shape index (κ2) is 7.76. The molecule has 2 aromatic carbocycles. The summed E-state index contributed by atoms with van der Waals surface area (Å²) in [5, 5.41) is 0.234. The van der Waals surface area contributed by atoms with E-state index in [0.29, 0.717) is 24.3 Å². The zero-order chi connectivity index (χ0) is 20.5. The smallest absolute Gasteiger partial charge is 0.261 e. The maximum absolute atomic E-state index is 12.9. The van der Waals surface area contributed by atoms with Crippen LogP contribution in [-0.4, -0.2) is 32.3 Å². The quantitative estimate of drug-likeness (QED) is 0.778. The zero-order valence-corrected chi connectivity index (χ0v) is 17.9. The first kappa shape index (κ1) is 20.7. The molecule has 2 aromatic rings. The Bertz CT molecular complexity index is 985. The molecule has 150 valence electrons. The van der Waals surface area contributed by atoms with E-state index in [4.69, 9.17) is 11.6 Å². The molecular weight excluding hydrogens is 396 g/mol. The first-order chi connectivity index (χ1) is 13.1. The number of rotatable bonds is 4. The predicted octanol–water partition coefficient (Wildman–Crippen LogP) is 4.71. The van der Waals surface area contributed by atoms with Crippen molar-refractivity contribution in [1.29, 1.82) is 0 Å². The van der Waals surface area contributed by atoms with Gasteiger partial charge in [-0.2, -0.15) is 0 Å². The summed E-state index contributed by atoms with van der Waals surface area (Å²) in [6, 6.07) is 11.2. The van der Waals surface area contributed by atoms with Crippen LogP contribution in [0.4, 0.5) is 5.69 Å². The summed E-state index contributed by atoms with van der Waals surface area (Å²) in [5.74, 6) is -0.120. The van der Waals surface area contributed by atoms with E-state index >= 15 is 0 Å². The summed E-state index contributed by atoms with van der Waals surface area (Å²) in [4.78, 5) is 14.9. The van der Waals surface area contributed by atoms with Crippen molar-refractivity contribution in [3.63, 3.8) is 0 Å². The molecule has 0 radical (unpaired) electrons. The van der Waals surface area contributed by atoms with Crippen molar-refractivity contribution in [2.24, 2.45) is 5.41 Å². The van der Waals surface area contributed by atoms with Crippen LogP contribution in [0, 0.1) is 12.3 Å². The number of sulfonamides is 1. The van der Waals surface area contributed by atoms with E-state index in [2.05, 4.69) is 18.6 Å². The molecule has 0 bridgehead atoms. The van der Waals surface area contributed by atoms with Crippen LogP contribution in [0.25, 0.3) is 0 Å². The monoisotopic (exact) mass is 420 g/mol. The van der Waals surface area contributed by atoms with Gasteiger partial charge in [0.1, 0.15) is 0 Å². The van der Waals surface area contributed by atoms with Crippen molar-refractivity contribution in [2.75, 3.05) is 17.8 Å². The lowest BCUT2D eigenvalue weighted by molar-refractivity contribution is 0.0583. The molecule has 1 aliphatic rings. The fraction of sp³-hybridized carbons (Fsp3) is 0.381. The molecule has 3 rings (SSSR count). The summed E-state index contributed by atoms with van der Waals surface area (Å²) in [5.41, 5.74) is 1.77. The number of aryl methyl sites for hydroxylation is 1. The van der Waals surface area contributed by atoms with Gasteiger partial charge < -0.3 is 4.90 Å². The van der Waals surface area contributed by atoms with Gasteiger partial charge in [0.2, 0.25) is 0 Å². The zero-order valence-electron chi connectivity index (χ0n) is 16.3. The summed E-state index contributed by atoms with van der Waals surface area (Å²) in [7, 11) is -3.72. The van der Waals surface area contributed by atoms with E-state index in [9.17, 15) is 13.2 Å². The predicted molar refractivity (Wildman–Crippen MR) is 112 cm³/mol. The summed E-state index contributed by atoms with van der Waals surface area (Å²) in [6.45, 7) is 7.58. The van der Waals surface area contributed by atoms with E-state index in [1.165, 1.54) is 6.07 Å². The van der Waals surface area contributed by atoms with E-state index in [0.717, 1.165) is 18.4 Å². The number of anilines is 1. The van der Waals surface area contributed by atoms with Crippen LogP contribution in [0.1, 0.15) is 42.6 Å². The number of halogens is 1. The van der Waals surface area contributed by atoms with Crippen LogP contribution in [0.2, 0.25) is 5.02 Å². The van der Waals surface area contributed by atoms with Crippen LogP contribution in [-0.2, 0) is 10.0 Å². The summed E-state index contributed by atoms with van der Waals surface area (Å²) < 4.78 is 27.6. The third kappa shape index (κ3) is 4.67. The lowest BCUT2D eigenvalue weighted by Crippen LogP contribution is -2.43. The molecule has 7 heteroatoms. The number of carbonyl (C=O) groups excluding carboxylic acids is 1. The molecule has 1 fully saturated rings. The van der Waals surface area contributed by atoms with Crippen LogP contribution in [0.3, 0.4) is 0 Å². The van der Waals surface area contributed by atoms with Crippen LogP contribution < -0.4 is 4.72 Å². The van der Waals surface area contributed by atoms with Crippen molar-refractivity contribution in [3.8, 4) is 0 Å². The highest BCUT2D eigenvalue weighted by Crippen LogP contribution is 2.31. The number of nitrogens with one attached hydrogen (secondary N) is 1. The normalized spacial score (nSPS) is 16.6. The Labute approximate surface area is 171 Å². The SMILES string of the molecule is Cc1ccc(S(=O)(=O)Nc2ccc(C(=O)N3CCCC(C)(C)C3)c(Cl)c2)cc1. The van der Waals surface area contributed by atoms with Crippen molar-refractivity contribution < 1.29 is 13.2 Å². The van der Waals surface area contributed by atoms with Gasteiger partial charge in [-0.25, -0.2) is 8.42 Å². The highest BCUT2D eigenvalue weighted by atomic mass is 35.5. The fourth-order valence-electron chi connectivity index (χ4n) is 3.45. The summed E-state index contributed by atoms with van der Waals surface area (Å²) >= 11 is 6.33. The first-order valence-corrected chi connectivity index (χ1v) is 11.1. The average Bonchev–Trinajstić information content (AvgIpc) is 2.60. The van der Waals surface area contributed by atoms with E-state index in [-0.39, 0.29) is 21.2 Å². The van der Waals surface area contributed by atoms with Crippen LogP contribution in [0.5, 0.6) is 0 Å². The number of hydrogen-bond acceptors (Lipinski definition) is 3. The lowest BCUT2D eigenvalue weighted by Gasteiger charge is -2.38. The van der Waals surface area contributed by atoms with Gasteiger partial charge in [-0.1, -0.05) is 43.1 Å². The minimum absolute atomic E-state index is 0.0873. The molecule has 1 heterocycles. The van der Waals surface area contributed by atoms with Gasteiger partial charge in [0.05, 0.1) is 21.2 Å². The van der Waals surface area contributed by atoms with Crippen LogP contribution in [0.15, 0.2) is 47.4 Å². The Morgan fingerprint density at radius 3 is 2.43 bits per heavy atom. The molecule has 0 aliphatic carbocycles. The molecule has 1 N–H and O–H groups in total. The van der Waals surface area contributed by atoms with Crippen molar-refractivity contribution in [1.82, 2.24) is 4.90 Å². The molecule has 5 nitrogen and oxygen atoms in total. The Balaban J connectivity index is 1.78. The second-order valence-electron chi connectivity index (χ2n) is 8.11. The summed E-state index contributed by atoms with van der Waals surface area (Å²) in [6.07, 6.45) is 2.05. The standard InChI is InChI=1S/C21H25ClN2O3S/c1-15-5-8-17(9-6-15)28(26,27)23-16-7-10-18(19(22)13-16)20(25)24-12-4-11-21(2,3)14-24/h5-10,13,23H,4,11-12,14H2,1-3H3. The molecule has 0 atom stereocenters. The van der Waals surface area contributed by atoms with Gasteiger partial charge in [0, 0.05) is 13.1 Å². The molecule has 0 aromatic heterocycles. The minimum Gasteiger partial charge on any atom is -0.338 e. The molecule has 0 spiro atoms. The highest BCUT2D eigenvalue weighted by Gasteiger charge is 2.30. The minimum atomic E-state index is -3.72. The lowest BCUT2D eigenvalue weighted by atomic mass is 9.84. The van der Waals surface area contributed by atoms with Crippen LogP contribution >= 0.6 is 11.6 Å². The number of hydrogen-bond donors (Lipinski definition) is 1. The molecule has 1 saturated heterocycles. The first-order valence-electron chi connectivity index (χ1n) is 9.26. The molecular formula is C21H25ClN2O3S. The molecule has 1 amide bonds. The van der Waals surface area contributed by atoms with Crippen molar-refractivity contribution in [3.05, 3.63) is 58.6 Å². The number of amides is 1. The average molecular weight is 421 g/mol.